The molecule has 3 aromatic heterocycles. The van der Waals surface area contributed by atoms with Gasteiger partial charge in [0.25, 0.3) is 5.91 Å². The number of Topliss-reactive ketones (excluding diaryl/α,β-unsaturated/α-hetero) is 1. The fourth-order valence-corrected chi connectivity index (χ4v) is 3.90. The molecule has 4 aromatic rings. The summed E-state index contributed by atoms with van der Waals surface area (Å²) in [6, 6.07) is 9.58. The summed E-state index contributed by atoms with van der Waals surface area (Å²) in [5.41, 5.74) is 2.37. The molecule has 1 amide bonds. The molecule has 1 fully saturated rings. The fraction of sp³-hybridized carbons (Fsp3) is 0.261. The lowest BCUT2D eigenvalue weighted by Crippen LogP contribution is -2.54. The van der Waals surface area contributed by atoms with Crippen LogP contribution in [0.25, 0.3) is 17.0 Å². The summed E-state index contributed by atoms with van der Waals surface area (Å²) < 4.78 is 21.8. The van der Waals surface area contributed by atoms with Gasteiger partial charge >= 0.3 is 0 Å². The molecule has 0 saturated carbocycles. The van der Waals surface area contributed by atoms with Crippen LogP contribution in [0, 0.1) is 5.82 Å². The van der Waals surface area contributed by atoms with E-state index in [1.165, 1.54) is 23.0 Å². The van der Waals surface area contributed by atoms with E-state index in [-0.39, 0.29) is 41.3 Å². The summed E-state index contributed by atoms with van der Waals surface area (Å²) in [5, 5.41) is 8.51. The average molecular weight is 448 g/mol. The van der Waals surface area contributed by atoms with Crippen LogP contribution < -0.4 is 0 Å². The number of amides is 1. The van der Waals surface area contributed by atoms with Gasteiger partial charge < -0.3 is 9.64 Å². The SMILES string of the molecule is COC1CN(C(=O)c2cnn(C)c2C(=O)Cc2ccn3nc(-c4cccc(F)c4)nc3c2)C1. The second-order valence-electron chi connectivity index (χ2n) is 7.98. The fourth-order valence-electron chi connectivity index (χ4n) is 3.90. The highest BCUT2D eigenvalue weighted by molar-refractivity contribution is 6.07. The topological polar surface area (TPSA) is 94.6 Å². The maximum atomic E-state index is 13.5. The van der Waals surface area contributed by atoms with Crippen molar-refractivity contribution in [2.24, 2.45) is 7.05 Å². The summed E-state index contributed by atoms with van der Waals surface area (Å²) in [6.07, 6.45) is 3.23. The van der Waals surface area contributed by atoms with Gasteiger partial charge in [0.2, 0.25) is 0 Å². The van der Waals surface area contributed by atoms with Gasteiger partial charge in [-0.05, 0) is 29.8 Å². The zero-order chi connectivity index (χ0) is 23.1. The number of fused-ring (bicyclic) bond motifs is 1. The number of nitrogens with zero attached hydrogens (tertiary/aromatic N) is 6. The van der Waals surface area contributed by atoms with Crippen LogP contribution in [0.5, 0.6) is 0 Å². The summed E-state index contributed by atoms with van der Waals surface area (Å²) in [6.45, 7) is 0.990. The number of likely N-dealkylation sites (tertiary alicyclic amines) is 1. The summed E-state index contributed by atoms with van der Waals surface area (Å²) in [4.78, 5) is 32.1. The second kappa shape index (κ2) is 8.21. The van der Waals surface area contributed by atoms with Crippen LogP contribution in [0.3, 0.4) is 0 Å². The first kappa shape index (κ1) is 21.0. The Balaban J connectivity index is 1.37. The lowest BCUT2D eigenvalue weighted by molar-refractivity contribution is -0.0192. The van der Waals surface area contributed by atoms with Crippen molar-refractivity contribution in [2.75, 3.05) is 20.2 Å². The maximum absolute atomic E-state index is 13.5. The van der Waals surface area contributed by atoms with Crippen molar-refractivity contribution in [3.63, 3.8) is 0 Å². The van der Waals surface area contributed by atoms with Crippen LogP contribution in [-0.2, 0) is 18.2 Å². The molecule has 0 atom stereocenters. The smallest absolute Gasteiger partial charge is 0.257 e. The van der Waals surface area contributed by atoms with Gasteiger partial charge in [0, 0.05) is 45.4 Å². The van der Waals surface area contributed by atoms with Crippen LogP contribution in [-0.4, -0.2) is 67.3 Å². The number of carbonyl (C=O) groups is 2. The number of ketones is 1. The molecule has 1 aromatic carbocycles. The number of rotatable bonds is 6. The van der Waals surface area contributed by atoms with Gasteiger partial charge in [0.1, 0.15) is 11.5 Å². The lowest BCUT2D eigenvalue weighted by atomic mass is 10.0. The Kier molecular flexibility index (Phi) is 5.21. The van der Waals surface area contributed by atoms with Crippen molar-refractivity contribution in [2.45, 2.75) is 12.5 Å². The molecular weight excluding hydrogens is 427 g/mol. The Hall–Kier alpha value is -3.92. The van der Waals surface area contributed by atoms with Crippen molar-refractivity contribution in [3.8, 4) is 11.4 Å². The van der Waals surface area contributed by atoms with E-state index in [1.54, 1.807) is 54.0 Å². The van der Waals surface area contributed by atoms with Gasteiger partial charge in [-0.2, -0.15) is 5.10 Å². The largest absolute Gasteiger partial charge is 0.378 e. The Labute approximate surface area is 188 Å². The number of hydrogen-bond acceptors (Lipinski definition) is 6. The maximum Gasteiger partial charge on any atom is 0.257 e. The molecule has 1 saturated heterocycles. The molecule has 0 N–H and O–H groups in total. The molecule has 5 rings (SSSR count). The number of methoxy groups -OCH3 is 1. The van der Waals surface area contributed by atoms with Crippen LogP contribution in [0.1, 0.15) is 26.4 Å². The van der Waals surface area contributed by atoms with E-state index in [2.05, 4.69) is 15.2 Å². The molecule has 0 spiro atoms. The number of aromatic nitrogens is 5. The first-order chi connectivity index (χ1) is 15.9. The van der Waals surface area contributed by atoms with Crippen molar-refractivity contribution in [3.05, 3.63) is 71.4 Å². The van der Waals surface area contributed by atoms with E-state index in [1.807, 2.05) is 0 Å². The number of ether oxygens (including phenoxy) is 1. The molecule has 0 aliphatic carbocycles. The minimum Gasteiger partial charge on any atom is -0.378 e. The molecule has 9 nitrogen and oxygen atoms in total. The van der Waals surface area contributed by atoms with Crippen molar-refractivity contribution in [1.82, 2.24) is 29.3 Å². The number of hydrogen-bond donors (Lipinski definition) is 0. The molecule has 168 valence electrons. The van der Waals surface area contributed by atoms with E-state index in [0.717, 1.165) is 0 Å². The molecule has 33 heavy (non-hydrogen) atoms. The van der Waals surface area contributed by atoms with Gasteiger partial charge in [-0.15, -0.1) is 5.10 Å². The monoisotopic (exact) mass is 448 g/mol. The van der Waals surface area contributed by atoms with E-state index < -0.39 is 0 Å². The highest BCUT2D eigenvalue weighted by atomic mass is 19.1. The highest BCUT2D eigenvalue weighted by Gasteiger charge is 2.34. The number of carbonyl (C=O) groups excluding carboxylic acids is 2. The molecule has 1 aliphatic heterocycles. The number of benzene rings is 1. The minimum absolute atomic E-state index is 0.0249. The number of pyridine rings is 1. The first-order valence-electron chi connectivity index (χ1n) is 10.4. The molecule has 0 unspecified atom stereocenters. The number of aryl methyl sites for hydroxylation is 1. The van der Waals surface area contributed by atoms with E-state index in [9.17, 15) is 14.0 Å². The molecule has 0 radical (unpaired) electrons. The van der Waals surface area contributed by atoms with Crippen molar-refractivity contribution < 1.29 is 18.7 Å². The van der Waals surface area contributed by atoms with E-state index in [0.29, 0.717) is 35.7 Å². The average Bonchev–Trinajstić information content (AvgIpc) is 3.36. The summed E-state index contributed by atoms with van der Waals surface area (Å²) >= 11 is 0. The predicted octanol–water partition coefficient (Wildman–Crippen LogP) is 2.17. The zero-order valence-corrected chi connectivity index (χ0v) is 18.1. The van der Waals surface area contributed by atoms with E-state index in [4.69, 9.17) is 4.74 Å². The van der Waals surface area contributed by atoms with E-state index >= 15 is 0 Å². The second-order valence-corrected chi connectivity index (χ2v) is 7.98. The summed E-state index contributed by atoms with van der Waals surface area (Å²) in [5.74, 6) is -0.430. The normalized spacial score (nSPS) is 14.0. The van der Waals surface area contributed by atoms with Crippen LogP contribution >= 0.6 is 0 Å². The Morgan fingerprint density at radius 3 is 2.79 bits per heavy atom. The molecule has 10 heteroatoms. The van der Waals surface area contributed by atoms with Gasteiger partial charge in [0.15, 0.2) is 17.3 Å². The Morgan fingerprint density at radius 1 is 1.21 bits per heavy atom. The Bertz CT molecular complexity index is 1370. The zero-order valence-electron chi connectivity index (χ0n) is 18.1. The highest BCUT2D eigenvalue weighted by Crippen LogP contribution is 2.21. The van der Waals surface area contributed by atoms with Crippen LogP contribution in [0.2, 0.25) is 0 Å². The van der Waals surface area contributed by atoms with Gasteiger partial charge in [-0.1, -0.05) is 12.1 Å². The molecule has 0 bridgehead atoms. The van der Waals surface area contributed by atoms with Gasteiger partial charge in [-0.3, -0.25) is 14.3 Å². The summed E-state index contributed by atoms with van der Waals surface area (Å²) in [7, 11) is 3.25. The minimum atomic E-state index is -0.366. The Morgan fingerprint density at radius 2 is 2.03 bits per heavy atom. The van der Waals surface area contributed by atoms with Gasteiger partial charge in [-0.25, -0.2) is 13.9 Å². The number of halogens is 1. The van der Waals surface area contributed by atoms with Crippen molar-refractivity contribution >= 4 is 17.3 Å². The third kappa shape index (κ3) is 3.89. The molecule has 1 aliphatic rings. The lowest BCUT2D eigenvalue weighted by Gasteiger charge is -2.38. The predicted molar refractivity (Wildman–Crippen MR) is 116 cm³/mol. The van der Waals surface area contributed by atoms with Crippen molar-refractivity contribution in [1.29, 1.82) is 0 Å². The van der Waals surface area contributed by atoms with Crippen LogP contribution in [0.15, 0.2) is 48.8 Å². The third-order valence-corrected chi connectivity index (χ3v) is 5.75. The first-order valence-corrected chi connectivity index (χ1v) is 10.4. The third-order valence-electron chi connectivity index (χ3n) is 5.75. The molecule has 4 heterocycles. The molecular formula is C23H21FN6O3. The standard InChI is InChI=1S/C23H21FN6O3/c1-28-21(18(11-25-28)23(32)29-12-17(13-29)33-2)19(31)8-14-6-7-30-20(9-14)26-22(27-30)15-4-3-5-16(24)10-15/h3-7,9-11,17H,8,12-13H2,1-2H3. The quantitative estimate of drug-likeness (QED) is 0.420. The van der Waals surface area contributed by atoms with Crippen LogP contribution in [0.4, 0.5) is 4.39 Å². The van der Waals surface area contributed by atoms with Gasteiger partial charge in [0.05, 0.1) is 17.9 Å².